The second-order valence-corrected chi connectivity index (χ2v) is 6.32. The molecule has 1 unspecified atom stereocenters. The Balaban J connectivity index is 1.91. The molecule has 1 aliphatic heterocycles. The van der Waals surface area contributed by atoms with Crippen molar-refractivity contribution in [1.82, 2.24) is 4.90 Å². The Hall–Kier alpha value is -1.35. The van der Waals surface area contributed by atoms with Gasteiger partial charge in [-0.1, -0.05) is 38.1 Å². The topological polar surface area (TPSA) is 53.1 Å². The third-order valence-corrected chi connectivity index (χ3v) is 4.48. The number of benzene rings is 1. The molecule has 2 rings (SSSR count). The van der Waals surface area contributed by atoms with E-state index in [2.05, 4.69) is 30.9 Å². The molecule has 3 N–H and O–H groups in total. The van der Waals surface area contributed by atoms with Gasteiger partial charge in [0.05, 0.1) is 0 Å². The molecule has 1 aromatic carbocycles. The van der Waals surface area contributed by atoms with Crippen molar-refractivity contribution in [2.24, 2.45) is 17.6 Å². The average molecular weight is 273 g/mol. The number of nitrogens with two attached hydrogens (primary N) is 1. The van der Waals surface area contributed by atoms with Crippen LogP contribution in [0.5, 0.6) is 0 Å². The van der Waals surface area contributed by atoms with E-state index in [1.807, 2.05) is 12.1 Å². The van der Waals surface area contributed by atoms with Gasteiger partial charge in [0.2, 0.25) is 0 Å². The Labute approximate surface area is 122 Å². The van der Waals surface area contributed by atoms with Crippen molar-refractivity contribution in [3.05, 3.63) is 35.4 Å². The van der Waals surface area contributed by atoms with Crippen molar-refractivity contribution >= 4 is 5.84 Å². The van der Waals surface area contributed by atoms with Crippen molar-refractivity contribution in [2.45, 2.75) is 39.7 Å². The molecular weight excluding hydrogens is 246 g/mol. The van der Waals surface area contributed by atoms with Gasteiger partial charge in [-0.15, -0.1) is 0 Å². The smallest absolute Gasteiger partial charge is 0.122 e. The van der Waals surface area contributed by atoms with Gasteiger partial charge >= 0.3 is 0 Å². The second-order valence-electron chi connectivity index (χ2n) is 6.32. The maximum Gasteiger partial charge on any atom is 0.122 e. The maximum atomic E-state index is 7.42. The highest BCUT2D eigenvalue weighted by Crippen LogP contribution is 2.25. The van der Waals surface area contributed by atoms with Crippen LogP contribution < -0.4 is 5.73 Å². The second kappa shape index (κ2) is 6.89. The molecule has 110 valence electrons. The molecule has 0 aliphatic carbocycles. The average Bonchev–Trinajstić information content (AvgIpc) is 2.65. The minimum absolute atomic E-state index is 0.145. The van der Waals surface area contributed by atoms with Crippen LogP contribution in [0.25, 0.3) is 0 Å². The Bertz CT molecular complexity index is 436. The van der Waals surface area contributed by atoms with Crippen LogP contribution in [-0.2, 0) is 6.54 Å². The van der Waals surface area contributed by atoms with Crippen molar-refractivity contribution in [3.63, 3.8) is 0 Å². The Morgan fingerprint density at radius 1 is 1.25 bits per heavy atom. The van der Waals surface area contributed by atoms with E-state index in [1.54, 1.807) is 0 Å². The Morgan fingerprint density at radius 2 is 1.95 bits per heavy atom. The van der Waals surface area contributed by atoms with Gasteiger partial charge in [-0.25, -0.2) is 0 Å². The minimum atomic E-state index is 0.145. The van der Waals surface area contributed by atoms with Gasteiger partial charge in [0.25, 0.3) is 0 Å². The fraction of sp³-hybridized carbons (Fsp3) is 0.588. The predicted molar refractivity (Wildman–Crippen MR) is 84.9 cm³/mol. The fourth-order valence-electron chi connectivity index (χ4n) is 3.05. The summed E-state index contributed by atoms with van der Waals surface area (Å²) in [5.74, 6) is 1.84. The minimum Gasteiger partial charge on any atom is -0.384 e. The number of rotatable bonds is 4. The molecule has 0 radical (unpaired) electrons. The molecule has 1 heterocycles. The molecule has 1 atom stereocenters. The molecule has 0 spiro atoms. The Kier molecular flexibility index (Phi) is 5.18. The van der Waals surface area contributed by atoms with Gasteiger partial charge in [-0.2, -0.15) is 0 Å². The van der Waals surface area contributed by atoms with E-state index < -0.39 is 0 Å². The van der Waals surface area contributed by atoms with Gasteiger partial charge in [-0.05, 0) is 49.8 Å². The molecule has 20 heavy (non-hydrogen) atoms. The van der Waals surface area contributed by atoms with Crippen LogP contribution in [0.1, 0.15) is 44.2 Å². The summed E-state index contributed by atoms with van der Waals surface area (Å²) in [5.41, 5.74) is 7.61. The van der Waals surface area contributed by atoms with E-state index in [4.69, 9.17) is 11.1 Å². The zero-order chi connectivity index (χ0) is 14.5. The first-order valence-corrected chi connectivity index (χ1v) is 7.72. The van der Waals surface area contributed by atoms with Crippen molar-refractivity contribution in [2.75, 3.05) is 13.1 Å². The van der Waals surface area contributed by atoms with E-state index >= 15 is 0 Å². The molecule has 0 bridgehead atoms. The summed E-state index contributed by atoms with van der Waals surface area (Å²) in [5, 5.41) is 7.42. The molecule has 3 nitrogen and oxygen atoms in total. The van der Waals surface area contributed by atoms with Crippen LogP contribution in [0, 0.1) is 17.2 Å². The standard InChI is InChI=1S/C17H27N3/c1-13(2)15-4-3-10-20(11-9-15)12-14-5-7-16(8-6-14)17(18)19/h5-8,13,15H,3-4,9-12H2,1-2H3,(H3,18,19). The number of amidine groups is 1. The van der Waals surface area contributed by atoms with Crippen LogP contribution in [0.15, 0.2) is 24.3 Å². The summed E-state index contributed by atoms with van der Waals surface area (Å²) in [6.07, 6.45) is 4.01. The van der Waals surface area contributed by atoms with Crippen molar-refractivity contribution < 1.29 is 0 Å². The molecule has 0 saturated carbocycles. The summed E-state index contributed by atoms with van der Waals surface area (Å²) in [7, 11) is 0. The molecule has 3 heteroatoms. The molecule has 1 fully saturated rings. The highest BCUT2D eigenvalue weighted by Gasteiger charge is 2.19. The van der Waals surface area contributed by atoms with E-state index in [-0.39, 0.29) is 5.84 Å². The monoisotopic (exact) mass is 273 g/mol. The SMILES string of the molecule is CC(C)C1CCCN(Cc2ccc(C(=N)N)cc2)CC1. The summed E-state index contributed by atoms with van der Waals surface area (Å²) in [4.78, 5) is 2.56. The lowest BCUT2D eigenvalue weighted by molar-refractivity contribution is 0.265. The van der Waals surface area contributed by atoms with Crippen molar-refractivity contribution in [3.8, 4) is 0 Å². The van der Waals surface area contributed by atoms with Gasteiger partial charge in [0, 0.05) is 12.1 Å². The number of hydrogen-bond donors (Lipinski definition) is 2. The lowest BCUT2D eigenvalue weighted by Gasteiger charge is -2.21. The van der Waals surface area contributed by atoms with Crippen LogP contribution in [0.2, 0.25) is 0 Å². The van der Waals surface area contributed by atoms with E-state index in [1.165, 1.54) is 37.9 Å². The lowest BCUT2D eigenvalue weighted by Crippen LogP contribution is -2.24. The zero-order valence-corrected chi connectivity index (χ0v) is 12.7. The van der Waals surface area contributed by atoms with Gasteiger partial charge in [0.1, 0.15) is 5.84 Å². The number of likely N-dealkylation sites (tertiary alicyclic amines) is 1. The lowest BCUT2D eigenvalue weighted by atomic mass is 9.89. The normalized spacial score (nSPS) is 20.9. The molecule has 1 saturated heterocycles. The molecule has 1 aliphatic rings. The van der Waals surface area contributed by atoms with Crippen LogP contribution in [0.3, 0.4) is 0 Å². The fourth-order valence-corrected chi connectivity index (χ4v) is 3.05. The third kappa shape index (κ3) is 4.07. The highest BCUT2D eigenvalue weighted by atomic mass is 15.1. The van der Waals surface area contributed by atoms with Crippen molar-refractivity contribution in [1.29, 1.82) is 5.41 Å². The number of hydrogen-bond acceptors (Lipinski definition) is 2. The highest BCUT2D eigenvalue weighted by molar-refractivity contribution is 5.94. The first-order chi connectivity index (χ1) is 9.56. The van der Waals surface area contributed by atoms with Crippen LogP contribution in [0.4, 0.5) is 0 Å². The van der Waals surface area contributed by atoms with Gasteiger partial charge < -0.3 is 5.73 Å². The van der Waals surface area contributed by atoms with Gasteiger partial charge in [0.15, 0.2) is 0 Å². The summed E-state index contributed by atoms with van der Waals surface area (Å²) in [6.45, 7) is 8.12. The summed E-state index contributed by atoms with van der Waals surface area (Å²) >= 11 is 0. The molecule has 0 amide bonds. The van der Waals surface area contributed by atoms with E-state index in [0.717, 1.165) is 23.9 Å². The predicted octanol–water partition coefficient (Wildman–Crippen LogP) is 3.23. The molecule has 0 aromatic heterocycles. The summed E-state index contributed by atoms with van der Waals surface area (Å²) < 4.78 is 0. The Morgan fingerprint density at radius 3 is 2.55 bits per heavy atom. The number of nitrogen functional groups attached to an aromatic ring is 1. The third-order valence-electron chi connectivity index (χ3n) is 4.48. The van der Waals surface area contributed by atoms with Crippen LogP contribution in [-0.4, -0.2) is 23.8 Å². The van der Waals surface area contributed by atoms with E-state index in [0.29, 0.717) is 0 Å². The summed E-state index contributed by atoms with van der Waals surface area (Å²) in [6, 6.07) is 8.10. The molecule has 1 aromatic rings. The van der Waals surface area contributed by atoms with E-state index in [9.17, 15) is 0 Å². The number of nitrogens with zero attached hydrogens (tertiary/aromatic N) is 1. The largest absolute Gasteiger partial charge is 0.384 e. The first kappa shape index (κ1) is 15.0. The van der Waals surface area contributed by atoms with Gasteiger partial charge in [-0.3, -0.25) is 10.3 Å². The zero-order valence-electron chi connectivity index (χ0n) is 12.7. The molecular formula is C17H27N3. The first-order valence-electron chi connectivity index (χ1n) is 7.72. The number of nitrogens with one attached hydrogen (secondary N) is 1. The van der Waals surface area contributed by atoms with Crippen LogP contribution >= 0.6 is 0 Å². The maximum absolute atomic E-state index is 7.42. The quantitative estimate of drug-likeness (QED) is 0.653.